The molecule has 0 N–H and O–H groups in total. The molecule has 0 amide bonds. The second-order valence-electron chi connectivity index (χ2n) is 5.62. The van der Waals surface area contributed by atoms with Crippen molar-refractivity contribution >= 4 is 6.08 Å². The summed E-state index contributed by atoms with van der Waals surface area (Å²) in [4.78, 5) is 0. The van der Waals surface area contributed by atoms with Crippen LogP contribution in [0.15, 0.2) is 48.0 Å². The Morgan fingerprint density at radius 1 is 0.900 bits per heavy atom. The van der Waals surface area contributed by atoms with Crippen molar-refractivity contribution in [2.75, 3.05) is 0 Å². The van der Waals surface area contributed by atoms with E-state index in [0.717, 1.165) is 0 Å². The number of rotatable bonds is 2. The zero-order valence-electron chi connectivity index (χ0n) is 12.3. The van der Waals surface area contributed by atoms with Gasteiger partial charge in [0.1, 0.15) is 0 Å². The molecule has 99 valence electrons. The van der Waals surface area contributed by atoms with Crippen LogP contribution in [0.5, 0.6) is 0 Å². The van der Waals surface area contributed by atoms with Crippen LogP contribution in [-0.4, -0.2) is 0 Å². The standard InChI is InChI=1S/C19H19.Zr/c1-13(2)17-11-16-5-4-6-18(19(16)12-17)15-9-7-14(3)8-10-15;/h4-13H,1-3H3;. The topological polar surface area (TPSA) is 0 Å². The van der Waals surface area contributed by atoms with E-state index in [2.05, 4.69) is 75.7 Å². The predicted molar refractivity (Wildman–Crippen MR) is 82.8 cm³/mol. The Balaban J connectivity index is 0.00000147. The fourth-order valence-corrected chi connectivity index (χ4v) is 2.58. The van der Waals surface area contributed by atoms with Crippen LogP contribution in [0.2, 0.25) is 0 Å². The van der Waals surface area contributed by atoms with Crippen molar-refractivity contribution in [1.29, 1.82) is 0 Å². The van der Waals surface area contributed by atoms with Crippen LogP contribution in [0.1, 0.15) is 30.5 Å². The summed E-state index contributed by atoms with van der Waals surface area (Å²) in [5.74, 6) is 0.582. The molecule has 1 aliphatic carbocycles. The van der Waals surface area contributed by atoms with Crippen LogP contribution in [0.4, 0.5) is 0 Å². The third-order valence-corrected chi connectivity index (χ3v) is 3.80. The third-order valence-electron chi connectivity index (χ3n) is 3.80. The molecule has 0 aromatic heterocycles. The molecule has 1 radical (unpaired) electrons. The Morgan fingerprint density at radius 3 is 2.25 bits per heavy atom. The second kappa shape index (κ2) is 6.23. The van der Waals surface area contributed by atoms with Gasteiger partial charge >= 0.3 is 0 Å². The first-order valence-electron chi connectivity index (χ1n) is 6.91. The molecule has 0 bridgehead atoms. The van der Waals surface area contributed by atoms with Crippen molar-refractivity contribution < 1.29 is 26.2 Å². The Hall–Kier alpha value is -0.937. The van der Waals surface area contributed by atoms with E-state index in [1.165, 1.54) is 33.4 Å². The maximum Gasteiger partial charge on any atom is 0.0167 e. The summed E-state index contributed by atoms with van der Waals surface area (Å²) in [5.41, 5.74) is 8.09. The summed E-state index contributed by atoms with van der Waals surface area (Å²) in [7, 11) is 0. The Morgan fingerprint density at radius 2 is 1.60 bits per heavy atom. The van der Waals surface area contributed by atoms with Gasteiger partial charge in [0.05, 0.1) is 0 Å². The number of hydrogen-bond acceptors (Lipinski definition) is 0. The molecule has 1 aliphatic rings. The first kappa shape index (κ1) is 15.5. The monoisotopic (exact) mass is 337 g/mol. The summed E-state index contributed by atoms with van der Waals surface area (Å²) in [5, 5.41) is 0. The van der Waals surface area contributed by atoms with Crippen LogP contribution < -0.4 is 0 Å². The number of fused-ring (bicyclic) bond motifs is 1. The largest absolute Gasteiger partial charge is 0.0613 e. The van der Waals surface area contributed by atoms with Gasteiger partial charge in [-0.2, -0.15) is 0 Å². The SMILES string of the molecule is Cc1ccc(-c2cccc3c2C=C(C(C)C)[CH]3)cc1.[Zr]. The minimum Gasteiger partial charge on any atom is -0.0613 e. The summed E-state index contributed by atoms with van der Waals surface area (Å²) >= 11 is 0. The van der Waals surface area contributed by atoms with E-state index in [4.69, 9.17) is 0 Å². The average Bonchev–Trinajstić information content (AvgIpc) is 2.83. The maximum atomic E-state index is 2.34. The molecule has 2 aromatic rings. The van der Waals surface area contributed by atoms with Gasteiger partial charge in [-0.1, -0.05) is 73.5 Å². The Labute approximate surface area is 141 Å². The molecule has 0 saturated carbocycles. The Kier molecular flexibility index (Phi) is 4.81. The van der Waals surface area contributed by atoms with Crippen LogP contribution in [0.3, 0.4) is 0 Å². The second-order valence-corrected chi connectivity index (χ2v) is 5.62. The van der Waals surface area contributed by atoms with Crippen molar-refractivity contribution in [3.05, 3.63) is 71.1 Å². The molecule has 0 spiro atoms. The van der Waals surface area contributed by atoms with Gasteiger partial charge in [-0.15, -0.1) is 0 Å². The smallest absolute Gasteiger partial charge is 0.0167 e. The number of aryl methyl sites for hydroxylation is 1. The van der Waals surface area contributed by atoms with Gasteiger partial charge < -0.3 is 0 Å². The van der Waals surface area contributed by atoms with E-state index in [9.17, 15) is 0 Å². The van der Waals surface area contributed by atoms with E-state index in [1.54, 1.807) is 0 Å². The van der Waals surface area contributed by atoms with E-state index in [-0.39, 0.29) is 26.2 Å². The molecule has 0 atom stereocenters. The molecule has 0 heterocycles. The van der Waals surface area contributed by atoms with Gasteiger partial charge in [0.25, 0.3) is 0 Å². The van der Waals surface area contributed by atoms with Gasteiger partial charge in [0, 0.05) is 32.6 Å². The zero-order valence-corrected chi connectivity index (χ0v) is 14.7. The van der Waals surface area contributed by atoms with E-state index in [1.807, 2.05) is 0 Å². The fraction of sp³-hybridized carbons (Fsp3) is 0.211. The van der Waals surface area contributed by atoms with Crippen LogP contribution in [0, 0.1) is 19.3 Å². The quantitative estimate of drug-likeness (QED) is 0.700. The van der Waals surface area contributed by atoms with Crippen molar-refractivity contribution in [3.63, 3.8) is 0 Å². The summed E-state index contributed by atoms with van der Waals surface area (Å²) in [6.07, 6.45) is 4.66. The molecule has 0 saturated heterocycles. The zero-order chi connectivity index (χ0) is 13.4. The number of benzene rings is 2. The normalized spacial score (nSPS) is 12.9. The van der Waals surface area contributed by atoms with Crippen molar-refractivity contribution in [1.82, 2.24) is 0 Å². The first-order valence-corrected chi connectivity index (χ1v) is 6.91. The van der Waals surface area contributed by atoms with Crippen LogP contribution >= 0.6 is 0 Å². The van der Waals surface area contributed by atoms with Gasteiger partial charge in [-0.05, 0) is 35.1 Å². The predicted octanol–water partition coefficient (Wildman–Crippen LogP) is 5.26. The average molecular weight is 339 g/mol. The minimum atomic E-state index is 0. The molecule has 0 fully saturated rings. The van der Waals surface area contributed by atoms with Gasteiger partial charge in [-0.25, -0.2) is 0 Å². The molecular weight excluding hydrogens is 319 g/mol. The van der Waals surface area contributed by atoms with E-state index < -0.39 is 0 Å². The molecule has 20 heavy (non-hydrogen) atoms. The summed E-state index contributed by atoms with van der Waals surface area (Å²) in [6, 6.07) is 15.4. The molecule has 2 aromatic carbocycles. The van der Waals surface area contributed by atoms with Crippen molar-refractivity contribution in [2.45, 2.75) is 20.8 Å². The summed E-state index contributed by atoms with van der Waals surface area (Å²) < 4.78 is 0. The van der Waals surface area contributed by atoms with E-state index >= 15 is 0 Å². The molecular formula is C19H19Zr. The van der Waals surface area contributed by atoms with Gasteiger partial charge in [0.2, 0.25) is 0 Å². The maximum absolute atomic E-state index is 2.34. The molecule has 3 rings (SSSR count). The summed E-state index contributed by atoms with van der Waals surface area (Å²) in [6.45, 7) is 6.63. The molecule has 0 unspecified atom stereocenters. The van der Waals surface area contributed by atoms with E-state index in [0.29, 0.717) is 5.92 Å². The van der Waals surface area contributed by atoms with Crippen LogP contribution in [-0.2, 0) is 26.2 Å². The number of hydrogen-bond donors (Lipinski definition) is 0. The third kappa shape index (κ3) is 2.89. The van der Waals surface area contributed by atoms with Gasteiger partial charge in [0.15, 0.2) is 0 Å². The molecule has 1 heteroatoms. The Bertz CT molecular complexity index is 633. The molecule has 0 nitrogen and oxygen atoms in total. The fourth-order valence-electron chi connectivity index (χ4n) is 2.58. The van der Waals surface area contributed by atoms with Crippen molar-refractivity contribution in [2.24, 2.45) is 5.92 Å². The van der Waals surface area contributed by atoms with Crippen LogP contribution in [0.25, 0.3) is 17.2 Å². The minimum absolute atomic E-state index is 0. The first-order chi connectivity index (χ1) is 9.15. The molecule has 0 aliphatic heterocycles. The van der Waals surface area contributed by atoms with Gasteiger partial charge in [-0.3, -0.25) is 0 Å². The van der Waals surface area contributed by atoms with Crippen molar-refractivity contribution in [3.8, 4) is 11.1 Å². The number of allylic oxidation sites excluding steroid dienone is 1.